The van der Waals surface area contributed by atoms with E-state index >= 15 is 0 Å². The third-order valence-corrected chi connectivity index (χ3v) is 7.23. The van der Waals surface area contributed by atoms with E-state index in [4.69, 9.17) is 15.2 Å². The molecule has 2 atom stereocenters. The minimum Gasteiger partial charge on any atom is -0.497 e. The Morgan fingerprint density at radius 2 is 1.60 bits per heavy atom. The molecule has 0 heterocycles. The maximum absolute atomic E-state index is 14.5. The summed E-state index contributed by atoms with van der Waals surface area (Å²) < 4.78 is 10.6. The zero-order valence-corrected chi connectivity index (χ0v) is 26.3. The SMILES string of the molecule is CCC(C)(C)N(C(=O)C(CCC(N)=O)NC(=O)OC(C)(C)C)C(C(=O)Nc1ccc(OC)cc1)c1cccc(C)c1C. The molecule has 0 spiro atoms. The van der Waals surface area contributed by atoms with Crippen molar-refractivity contribution in [2.24, 2.45) is 5.73 Å². The predicted molar refractivity (Wildman–Crippen MR) is 163 cm³/mol. The zero-order valence-electron chi connectivity index (χ0n) is 26.3. The quantitative estimate of drug-likeness (QED) is 0.316. The fourth-order valence-electron chi connectivity index (χ4n) is 4.46. The average Bonchev–Trinajstić information content (AvgIpc) is 2.90. The first-order valence-corrected chi connectivity index (χ1v) is 14.1. The van der Waals surface area contributed by atoms with E-state index in [1.807, 2.05) is 52.8 Å². The van der Waals surface area contributed by atoms with Gasteiger partial charge in [0, 0.05) is 17.6 Å². The van der Waals surface area contributed by atoms with Gasteiger partial charge >= 0.3 is 6.09 Å². The van der Waals surface area contributed by atoms with Gasteiger partial charge in [-0.05, 0) is 102 Å². The number of rotatable bonds is 12. The summed E-state index contributed by atoms with van der Waals surface area (Å²) in [4.78, 5) is 54.8. The largest absolute Gasteiger partial charge is 0.497 e. The predicted octanol–water partition coefficient (Wildman–Crippen LogP) is 5.17. The number of hydrogen-bond acceptors (Lipinski definition) is 6. The van der Waals surface area contributed by atoms with Crippen LogP contribution in [0, 0.1) is 13.8 Å². The number of methoxy groups -OCH3 is 1. The first-order chi connectivity index (χ1) is 19.5. The van der Waals surface area contributed by atoms with Crippen molar-refractivity contribution in [2.45, 2.75) is 97.9 Å². The number of anilines is 1. The molecule has 42 heavy (non-hydrogen) atoms. The Kier molecular flexibility index (Phi) is 11.5. The molecule has 0 bridgehead atoms. The van der Waals surface area contributed by atoms with Gasteiger partial charge in [-0.15, -0.1) is 0 Å². The van der Waals surface area contributed by atoms with Gasteiger partial charge in [0.15, 0.2) is 0 Å². The highest BCUT2D eigenvalue weighted by molar-refractivity contribution is 5.99. The van der Waals surface area contributed by atoms with E-state index in [9.17, 15) is 19.2 Å². The monoisotopic (exact) mass is 582 g/mol. The lowest BCUT2D eigenvalue weighted by atomic mass is 9.89. The van der Waals surface area contributed by atoms with Crippen molar-refractivity contribution in [1.82, 2.24) is 10.2 Å². The summed E-state index contributed by atoms with van der Waals surface area (Å²) in [5.41, 5.74) is 6.72. The van der Waals surface area contributed by atoms with Crippen molar-refractivity contribution < 1.29 is 28.7 Å². The second-order valence-corrected chi connectivity index (χ2v) is 12.0. The van der Waals surface area contributed by atoms with Crippen LogP contribution in [0.5, 0.6) is 5.75 Å². The topological polar surface area (TPSA) is 140 Å². The summed E-state index contributed by atoms with van der Waals surface area (Å²) in [6, 6.07) is 10.2. The summed E-state index contributed by atoms with van der Waals surface area (Å²) in [6.45, 7) is 14.6. The summed E-state index contributed by atoms with van der Waals surface area (Å²) in [7, 11) is 1.56. The molecular weight excluding hydrogens is 536 g/mol. The van der Waals surface area contributed by atoms with Crippen LogP contribution in [0.2, 0.25) is 0 Å². The van der Waals surface area contributed by atoms with Crippen molar-refractivity contribution in [1.29, 1.82) is 0 Å². The van der Waals surface area contributed by atoms with E-state index < -0.39 is 47.0 Å². The Labute approximate surface area is 249 Å². The van der Waals surface area contributed by atoms with Gasteiger partial charge in [-0.1, -0.05) is 25.1 Å². The van der Waals surface area contributed by atoms with Gasteiger partial charge < -0.3 is 30.7 Å². The Morgan fingerprint density at radius 1 is 0.976 bits per heavy atom. The van der Waals surface area contributed by atoms with Crippen LogP contribution in [0.4, 0.5) is 10.5 Å². The Balaban J connectivity index is 2.69. The van der Waals surface area contributed by atoms with Crippen LogP contribution < -0.4 is 21.1 Å². The van der Waals surface area contributed by atoms with Gasteiger partial charge in [0.05, 0.1) is 7.11 Å². The number of primary amides is 1. The number of alkyl carbamates (subject to hydrolysis) is 1. The summed E-state index contributed by atoms with van der Waals surface area (Å²) in [5.74, 6) is -0.962. The van der Waals surface area contributed by atoms with Crippen LogP contribution in [0.1, 0.15) is 83.5 Å². The number of benzene rings is 2. The van der Waals surface area contributed by atoms with Crippen molar-refractivity contribution in [3.63, 3.8) is 0 Å². The van der Waals surface area contributed by atoms with Crippen molar-refractivity contribution in [3.8, 4) is 5.75 Å². The summed E-state index contributed by atoms with van der Waals surface area (Å²) in [6.07, 6.45) is -0.543. The second kappa shape index (κ2) is 14.2. The number of hydrogen-bond donors (Lipinski definition) is 3. The molecule has 4 N–H and O–H groups in total. The molecule has 0 radical (unpaired) electrons. The Bertz CT molecular complexity index is 1270. The lowest BCUT2D eigenvalue weighted by molar-refractivity contribution is -0.148. The Morgan fingerprint density at radius 3 is 2.12 bits per heavy atom. The molecule has 0 aliphatic carbocycles. The lowest BCUT2D eigenvalue weighted by Crippen LogP contribution is -2.59. The molecule has 10 nitrogen and oxygen atoms in total. The van der Waals surface area contributed by atoms with E-state index in [2.05, 4.69) is 10.6 Å². The van der Waals surface area contributed by atoms with Gasteiger partial charge in [-0.2, -0.15) is 0 Å². The number of aryl methyl sites for hydroxylation is 1. The molecule has 4 amide bonds. The smallest absolute Gasteiger partial charge is 0.408 e. The molecule has 0 aromatic heterocycles. The molecule has 0 aliphatic rings. The maximum atomic E-state index is 14.5. The maximum Gasteiger partial charge on any atom is 0.408 e. The third-order valence-electron chi connectivity index (χ3n) is 7.23. The van der Waals surface area contributed by atoms with E-state index in [0.717, 1.165) is 11.1 Å². The molecule has 2 aromatic rings. The second-order valence-electron chi connectivity index (χ2n) is 12.0. The molecular formula is C32H46N4O6. The van der Waals surface area contributed by atoms with Gasteiger partial charge in [-0.25, -0.2) is 4.79 Å². The first kappa shape index (κ1) is 34.1. The van der Waals surface area contributed by atoms with E-state index in [1.54, 1.807) is 52.1 Å². The molecule has 0 saturated carbocycles. The first-order valence-electron chi connectivity index (χ1n) is 14.1. The summed E-state index contributed by atoms with van der Waals surface area (Å²) in [5, 5.41) is 5.59. The van der Waals surface area contributed by atoms with Crippen LogP contribution in [-0.2, 0) is 19.1 Å². The molecule has 230 valence electrons. The van der Waals surface area contributed by atoms with Crippen LogP contribution >= 0.6 is 0 Å². The highest BCUT2D eigenvalue weighted by Crippen LogP contribution is 2.35. The molecule has 0 aliphatic heterocycles. The number of nitrogens with one attached hydrogen (secondary N) is 2. The number of ether oxygens (including phenoxy) is 2. The molecule has 0 fully saturated rings. The van der Waals surface area contributed by atoms with E-state index in [-0.39, 0.29) is 12.8 Å². The number of carbonyl (C=O) groups excluding carboxylic acids is 4. The number of carbonyl (C=O) groups is 4. The minimum atomic E-state index is -1.18. The number of nitrogens with two attached hydrogens (primary N) is 1. The van der Waals surface area contributed by atoms with Crippen molar-refractivity contribution in [2.75, 3.05) is 12.4 Å². The fraction of sp³-hybridized carbons (Fsp3) is 0.500. The van der Waals surface area contributed by atoms with E-state index in [1.165, 1.54) is 4.90 Å². The van der Waals surface area contributed by atoms with Crippen LogP contribution in [0.15, 0.2) is 42.5 Å². The Hall–Kier alpha value is -4.08. The van der Waals surface area contributed by atoms with Gasteiger partial charge in [0.2, 0.25) is 11.8 Å². The number of amides is 4. The van der Waals surface area contributed by atoms with Crippen LogP contribution in [-0.4, -0.2) is 53.0 Å². The standard InChI is InChI=1S/C32H46N4O6/c1-10-32(7,8)36(29(39)25(18-19-26(33)37)35-30(40)42-31(4,5)6)27(24-13-11-12-20(2)21(24)3)28(38)34-22-14-16-23(41-9)17-15-22/h11-17,25,27H,10,18-19H2,1-9H3,(H2,33,37)(H,34,38)(H,35,40). The molecule has 10 heteroatoms. The molecule has 2 aromatic carbocycles. The van der Waals surface area contributed by atoms with Crippen LogP contribution in [0.3, 0.4) is 0 Å². The highest BCUT2D eigenvalue weighted by atomic mass is 16.6. The van der Waals surface area contributed by atoms with Crippen molar-refractivity contribution >= 4 is 29.5 Å². The molecule has 2 rings (SSSR count). The molecule has 0 saturated heterocycles. The van der Waals surface area contributed by atoms with Gasteiger partial charge in [-0.3, -0.25) is 14.4 Å². The van der Waals surface area contributed by atoms with Gasteiger partial charge in [0.1, 0.15) is 23.4 Å². The van der Waals surface area contributed by atoms with Crippen LogP contribution in [0.25, 0.3) is 0 Å². The lowest BCUT2D eigenvalue weighted by Gasteiger charge is -2.45. The third kappa shape index (κ3) is 9.22. The summed E-state index contributed by atoms with van der Waals surface area (Å²) >= 11 is 0. The van der Waals surface area contributed by atoms with E-state index in [0.29, 0.717) is 23.4 Å². The normalized spacial score (nSPS) is 13.0. The minimum absolute atomic E-state index is 0.0661. The highest BCUT2D eigenvalue weighted by Gasteiger charge is 2.43. The van der Waals surface area contributed by atoms with Gasteiger partial charge in [0.25, 0.3) is 5.91 Å². The average molecular weight is 583 g/mol. The fourth-order valence-corrected chi connectivity index (χ4v) is 4.46. The molecule has 2 unspecified atom stereocenters. The van der Waals surface area contributed by atoms with Crippen molar-refractivity contribution in [3.05, 3.63) is 59.2 Å². The number of nitrogens with zero attached hydrogens (tertiary/aromatic N) is 1. The zero-order chi connectivity index (χ0) is 31.8.